The van der Waals surface area contributed by atoms with E-state index in [0.29, 0.717) is 5.56 Å². The number of carbonyl (C=O) groups excluding carboxylic acids is 1. The molecule has 5 heteroatoms. The molecule has 0 bridgehead atoms. The van der Waals surface area contributed by atoms with Crippen molar-refractivity contribution >= 4 is 5.78 Å². The largest absolute Gasteiger partial charge is 0.495 e. The zero-order chi connectivity index (χ0) is 12.3. The molecule has 0 aliphatic carbocycles. The molecule has 3 nitrogen and oxygen atoms in total. The van der Waals surface area contributed by atoms with Gasteiger partial charge in [-0.1, -0.05) is 6.07 Å². The molecule has 0 aliphatic heterocycles. The van der Waals surface area contributed by atoms with Crippen LogP contribution >= 0.6 is 0 Å². The fourth-order valence-corrected chi connectivity index (χ4v) is 1.54. The predicted molar refractivity (Wildman–Crippen MR) is 56.1 cm³/mol. The van der Waals surface area contributed by atoms with Crippen molar-refractivity contribution in [3.8, 4) is 5.75 Å². The molecule has 0 aliphatic rings. The lowest BCUT2D eigenvalue weighted by atomic mass is 9.99. The number of hydrogen-bond acceptors (Lipinski definition) is 3. The number of ether oxygens (including phenoxy) is 1. The molecule has 16 heavy (non-hydrogen) atoms. The third-order valence-electron chi connectivity index (χ3n) is 2.30. The van der Waals surface area contributed by atoms with Crippen LogP contribution in [0, 0.1) is 6.92 Å². The zero-order valence-electron chi connectivity index (χ0n) is 9.09. The lowest BCUT2D eigenvalue weighted by molar-refractivity contribution is 0.0996. The molecule has 0 saturated heterocycles. The fraction of sp³-hybridized carbons (Fsp3) is 0.364. The molecule has 0 unspecified atom stereocenters. The first-order valence-electron chi connectivity index (χ1n) is 4.71. The summed E-state index contributed by atoms with van der Waals surface area (Å²) in [6.45, 7) is 1.42. The number of Topliss-reactive ketones (excluding diaryl/α,β-unsaturated/α-hetero) is 1. The van der Waals surface area contributed by atoms with Gasteiger partial charge in [0.05, 0.1) is 24.8 Å². The molecule has 0 saturated carbocycles. The van der Waals surface area contributed by atoms with Crippen molar-refractivity contribution in [2.75, 3.05) is 13.7 Å². The molecule has 1 aromatic carbocycles. The molecule has 0 amide bonds. The van der Waals surface area contributed by atoms with Gasteiger partial charge in [0.25, 0.3) is 6.43 Å². The van der Waals surface area contributed by atoms with Crippen molar-refractivity contribution in [1.29, 1.82) is 0 Å². The van der Waals surface area contributed by atoms with Crippen LogP contribution in [0.15, 0.2) is 12.1 Å². The summed E-state index contributed by atoms with van der Waals surface area (Å²) in [5.41, 5.74) is 5.66. The van der Waals surface area contributed by atoms with E-state index in [2.05, 4.69) is 0 Å². The molecule has 0 radical (unpaired) electrons. The van der Waals surface area contributed by atoms with Crippen molar-refractivity contribution in [3.05, 3.63) is 28.8 Å². The summed E-state index contributed by atoms with van der Waals surface area (Å²) in [5, 5.41) is 0. The number of hydrogen-bond donors (Lipinski definition) is 1. The van der Waals surface area contributed by atoms with Crippen LogP contribution in [0.4, 0.5) is 8.78 Å². The Morgan fingerprint density at radius 1 is 1.50 bits per heavy atom. The highest BCUT2D eigenvalue weighted by Gasteiger charge is 2.22. The lowest BCUT2D eigenvalue weighted by Crippen LogP contribution is -2.16. The van der Waals surface area contributed by atoms with Gasteiger partial charge >= 0.3 is 0 Å². The average molecular weight is 229 g/mol. The van der Waals surface area contributed by atoms with Gasteiger partial charge in [-0.2, -0.15) is 0 Å². The van der Waals surface area contributed by atoms with Gasteiger partial charge in [0.2, 0.25) is 0 Å². The molecule has 2 N–H and O–H groups in total. The highest BCUT2D eigenvalue weighted by atomic mass is 19.3. The Kier molecular flexibility index (Phi) is 3.95. The van der Waals surface area contributed by atoms with E-state index in [-0.39, 0.29) is 23.4 Å². The number of rotatable bonds is 4. The molecular formula is C11H13F2NO2. The van der Waals surface area contributed by atoms with E-state index < -0.39 is 12.2 Å². The number of ketones is 1. The van der Waals surface area contributed by atoms with Gasteiger partial charge in [-0.3, -0.25) is 4.79 Å². The van der Waals surface area contributed by atoms with E-state index in [9.17, 15) is 13.6 Å². The van der Waals surface area contributed by atoms with Crippen LogP contribution < -0.4 is 10.5 Å². The maximum Gasteiger partial charge on any atom is 0.267 e. The second-order valence-corrected chi connectivity index (χ2v) is 3.31. The minimum Gasteiger partial charge on any atom is -0.495 e. The molecule has 1 aromatic rings. The Balaban J connectivity index is 3.44. The standard InChI is InChI=1S/C11H13F2NO2/c1-6-3-4-7(11(12)13)10(16-2)9(6)8(15)5-14/h3-4,11H,5,14H2,1-2H3. The number of aryl methyl sites for hydroxylation is 1. The highest BCUT2D eigenvalue weighted by Crippen LogP contribution is 2.33. The minimum atomic E-state index is -2.68. The van der Waals surface area contributed by atoms with Gasteiger partial charge < -0.3 is 10.5 Å². The van der Waals surface area contributed by atoms with Gasteiger partial charge in [-0.05, 0) is 18.6 Å². The second-order valence-electron chi connectivity index (χ2n) is 3.31. The Bertz CT molecular complexity index is 405. The molecule has 0 fully saturated rings. The first-order valence-corrected chi connectivity index (χ1v) is 4.71. The summed E-state index contributed by atoms with van der Waals surface area (Å²) in [4.78, 5) is 11.5. The van der Waals surface area contributed by atoms with Crippen LogP contribution in [0.1, 0.15) is 27.9 Å². The fourth-order valence-electron chi connectivity index (χ4n) is 1.54. The first kappa shape index (κ1) is 12.6. The molecular weight excluding hydrogens is 216 g/mol. The van der Waals surface area contributed by atoms with Crippen molar-refractivity contribution in [2.45, 2.75) is 13.3 Å². The van der Waals surface area contributed by atoms with Gasteiger partial charge in [0.1, 0.15) is 5.75 Å². The Morgan fingerprint density at radius 3 is 2.56 bits per heavy atom. The maximum absolute atomic E-state index is 12.7. The van der Waals surface area contributed by atoms with Crippen molar-refractivity contribution in [2.24, 2.45) is 5.73 Å². The smallest absolute Gasteiger partial charge is 0.267 e. The quantitative estimate of drug-likeness (QED) is 0.804. The Morgan fingerprint density at radius 2 is 2.12 bits per heavy atom. The van der Waals surface area contributed by atoms with Crippen LogP contribution in [-0.2, 0) is 0 Å². The zero-order valence-corrected chi connectivity index (χ0v) is 9.09. The first-order chi connectivity index (χ1) is 7.52. The van der Waals surface area contributed by atoms with E-state index in [1.54, 1.807) is 6.92 Å². The topological polar surface area (TPSA) is 52.3 Å². The summed E-state index contributed by atoms with van der Waals surface area (Å²) in [7, 11) is 1.26. The van der Waals surface area contributed by atoms with E-state index in [4.69, 9.17) is 10.5 Å². The van der Waals surface area contributed by atoms with E-state index in [0.717, 1.165) is 0 Å². The summed E-state index contributed by atoms with van der Waals surface area (Å²) in [6, 6.07) is 2.72. The molecule has 0 heterocycles. The summed E-state index contributed by atoms with van der Waals surface area (Å²) >= 11 is 0. The molecule has 0 aromatic heterocycles. The highest BCUT2D eigenvalue weighted by molar-refractivity contribution is 6.01. The van der Waals surface area contributed by atoms with Gasteiger partial charge in [0, 0.05) is 0 Å². The summed E-state index contributed by atoms with van der Waals surface area (Å²) in [5.74, 6) is -0.484. The Hall–Kier alpha value is -1.49. The van der Waals surface area contributed by atoms with E-state index in [1.807, 2.05) is 0 Å². The predicted octanol–water partition coefficient (Wildman–Crippen LogP) is 2.08. The van der Waals surface area contributed by atoms with Crippen LogP contribution in [0.25, 0.3) is 0 Å². The number of benzene rings is 1. The average Bonchev–Trinajstić information content (AvgIpc) is 2.26. The lowest BCUT2D eigenvalue weighted by Gasteiger charge is -2.14. The van der Waals surface area contributed by atoms with Crippen LogP contribution in [0.5, 0.6) is 5.75 Å². The second kappa shape index (κ2) is 5.03. The third kappa shape index (κ3) is 2.19. The van der Waals surface area contributed by atoms with E-state index >= 15 is 0 Å². The SMILES string of the molecule is COc1c(C(F)F)ccc(C)c1C(=O)CN. The van der Waals surface area contributed by atoms with E-state index in [1.165, 1.54) is 19.2 Å². The third-order valence-corrected chi connectivity index (χ3v) is 2.30. The van der Waals surface area contributed by atoms with Crippen molar-refractivity contribution in [1.82, 2.24) is 0 Å². The van der Waals surface area contributed by atoms with Crippen LogP contribution in [-0.4, -0.2) is 19.4 Å². The maximum atomic E-state index is 12.7. The number of carbonyl (C=O) groups is 1. The molecule has 0 spiro atoms. The molecule has 0 atom stereocenters. The number of nitrogens with two attached hydrogens (primary N) is 1. The number of methoxy groups -OCH3 is 1. The number of alkyl halides is 2. The van der Waals surface area contributed by atoms with Gasteiger partial charge in [0.15, 0.2) is 5.78 Å². The Labute approximate surface area is 92.2 Å². The minimum absolute atomic E-state index is 0.0783. The summed E-state index contributed by atoms with van der Waals surface area (Å²) in [6.07, 6.45) is -2.68. The van der Waals surface area contributed by atoms with Gasteiger partial charge in [-0.25, -0.2) is 8.78 Å². The van der Waals surface area contributed by atoms with Crippen LogP contribution in [0.2, 0.25) is 0 Å². The number of halogens is 2. The van der Waals surface area contributed by atoms with Gasteiger partial charge in [-0.15, -0.1) is 0 Å². The summed E-state index contributed by atoms with van der Waals surface area (Å²) < 4.78 is 30.2. The monoisotopic (exact) mass is 229 g/mol. The van der Waals surface area contributed by atoms with Crippen LogP contribution in [0.3, 0.4) is 0 Å². The molecule has 1 rings (SSSR count). The molecule has 88 valence electrons. The van der Waals surface area contributed by atoms with Crippen molar-refractivity contribution < 1.29 is 18.3 Å². The normalized spacial score (nSPS) is 10.6. The van der Waals surface area contributed by atoms with Crippen molar-refractivity contribution in [3.63, 3.8) is 0 Å².